The molecule has 18 heavy (non-hydrogen) atoms. The van der Waals surface area contributed by atoms with E-state index in [-0.39, 0.29) is 0 Å². The highest BCUT2D eigenvalue weighted by Crippen LogP contribution is 2.22. The average molecular weight is 243 g/mol. The lowest BCUT2D eigenvalue weighted by atomic mass is 10.1. The van der Waals surface area contributed by atoms with E-state index < -0.39 is 0 Å². The second kappa shape index (κ2) is 6.97. The van der Waals surface area contributed by atoms with Gasteiger partial charge in [-0.05, 0) is 25.1 Å². The number of rotatable bonds is 5. The zero-order valence-corrected chi connectivity index (χ0v) is 10.4. The zero-order valence-electron chi connectivity index (χ0n) is 10.4. The molecule has 0 fully saturated rings. The number of anilines is 2. The predicted octanol–water partition coefficient (Wildman–Crippen LogP) is 1.49. The summed E-state index contributed by atoms with van der Waals surface area (Å²) >= 11 is 0. The van der Waals surface area contributed by atoms with E-state index in [0.29, 0.717) is 29.2 Å². The highest BCUT2D eigenvalue weighted by atomic mass is 14.9. The molecule has 1 rings (SSSR count). The number of hydrogen-bond donors (Lipinski definition) is 3. The first-order chi connectivity index (χ1) is 8.69. The number of hydrogen-bond acceptors (Lipinski definition) is 5. The van der Waals surface area contributed by atoms with Gasteiger partial charge in [0, 0.05) is 18.5 Å². The van der Waals surface area contributed by atoms with Crippen molar-refractivity contribution in [1.29, 1.82) is 5.26 Å². The van der Waals surface area contributed by atoms with Crippen molar-refractivity contribution >= 4 is 17.6 Å². The Balaban J connectivity index is 2.72. The summed E-state index contributed by atoms with van der Waals surface area (Å²) in [6, 6.07) is 7.27. The highest BCUT2D eigenvalue weighted by Gasteiger charge is 2.04. The van der Waals surface area contributed by atoms with E-state index in [1.54, 1.807) is 30.5 Å². The summed E-state index contributed by atoms with van der Waals surface area (Å²) in [5.74, 6) is 0. The molecule has 0 atom stereocenters. The minimum absolute atomic E-state index is 0.415. The molecule has 0 heterocycles. The molecule has 5 N–H and O–H groups in total. The van der Waals surface area contributed by atoms with Gasteiger partial charge < -0.3 is 16.8 Å². The molecule has 5 heteroatoms. The maximum atomic E-state index is 8.97. The maximum absolute atomic E-state index is 8.97. The zero-order chi connectivity index (χ0) is 13.4. The van der Waals surface area contributed by atoms with Gasteiger partial charge in [-0.2, -0.15) is 5.26 Å². The van der Waals surface area contributed by atoms with Gasteiger partial charge in [-0.1, -0.05) is 6.07 Å². The van der Waals surface area contributed by atoms with Crippen molar-refractivity contribution in [2.45, 2.75) is 6.92 Å². The average Bonchev–Trinajstić information content (AvgIpc) is 2.37. The lowest BCUT2D eigenvalue weighted by Gasteiger charge is -2.10. The first-order valence-electron chi connectivity index (χ1n) is 5.66. The Morgan fingerprint density at radius 2 is 2.33 bits per heavy atom. The molecule has 1 aromatic rings. The molecular formula is C13H17N5. The first-order valence-corrected chi connectivity index (χ1v) is 5.66. The Hall–Kier alpha value is -2.48. The molecule has 0 amide bonds. The molecule has 0 radical (unpaired) electrons. The van der Waals surface area contributed by atoms with E-state index >= 15 is 0 Å². The van der Waals surface area contributed by atoms with Crippen molar-refractivity contribution in [2.24, 2.45) is 10.7 Å². The third-order valence-corrected chi connectivity index (χ3v) is 2.26. The number of nitrogens with one attached hydrogen (secondary N) is 1. The van der Waals surface area contributed by atoms with Gasteiger partial charge in [0.2, 0.25) is 0 Å². The predicted molar refractivity (Wildman–Crippen MR) is 75.4 cm³/mol. The number of nitrogens with two attached hydrogens (primary N) is 2. The minimum atomic E-state index is 0.415. The molecule has 0 unspecified atom stereocenters. The molecule has 0 saturated carbocycles. The van der Waals surface area contributed by atoms with Crippen LogP contribution in [0, 0.1) is 11.3 Å². The Bertz CT molecular complexity index is 497. The third kappa shape index (κ3) is 3.83. The summed E-state index contributed by atoms with van der Waals surface area (Å²) in [6.07, 6.45) is 3.39. The van der Waals surface area contributed by atoms with Crippen LogP contribution in [0.3, 0.4) is 0 Å². The molecule has 94 valence electrons. The van der Waals surface area contributed by atoms with Crippen LogP contribution < -0.4 is 16.8 Å². The summed E-state index contributed by atoms with van der Waals surface area (Å²) in [4.78, 5) is 4.03. The Morgan fingerprint density at radius 1 is 1.56 bits per heavy atom. The molecule has 0 aliphatic carbocycles. The van der Waals surface area contributed by atoms with Crippen molar-refractivity contribution in [3.05, 3.63) is 35.5 Å². The number of benzene rings is 1. The number of para-hydroxylation sites is 1. The van der Waals surface area contributed by atoms with E-state index in [4.69, 9.17) is 16.7 Å². The molecule has 0 saturated heterocycles. The van der Waals surface area contributed by atoms with Crippen LogP contribution in [0.4, 0.5) is 11.4 Å². The monoisotopic (exact) mass is 243 g/mol. The van der Waals surface area contributed by atoms with Crippen LogP contribution in [0.5, 0.6) is 0 Å². The van der Waals surface area contributed by atoms with Crippen molar-refractivity contribution in [2.75, 3.05) is 24.1 Å². The van der Waals surface area contributed by atoms with Crippen LogP contribution in [0.25, 0.3) is 0 Å². The Morgan fingerprint density at radius 3 is 3.00 bits per heavy atom. The van der Waals surface area contributed by atoms with Crippen LogP contribution in [0.2, 0.25) is 0 Å². The number of allylic oxidation sites excluding steroid dienone is 1. The van der Waals surface area contributed by atoms with Gasteiger partial charge in [-0.3, -0.25) is 4.99 Å². The molecule has 0 aliphatic rings. The summed E-state index contributed by atoms with van der Waals surface area (Å²) < 4.78 is 0. The molecule has 0 bridgehead atoms. The molecule has 0 spiro atoms. The van der Waals surface area contributed by atoms with E-state index in [1.807, 2.05) is 6.92 Å². The molecule has 5 nitrogen and oxygen atoms in total. The fourth-order valence-electron chi connectivity index (χ4n) is 1.36. The van der Waals surface area contributed by atoms with Crippen LogP contribution >= 0.6 is 0 Å². The van der Waals surface area contributed by atoms with Crippen LogP contribution in [-0.4, -0.2) is 19.3 Å². The van der Waals surface area contributed by atoms with Crippen molar-refractivity contribution in [3.8, 4) is 6.07 Å². The Labute approximate surface area is 107 Å². The van der Waals surface area contributed by atoms with Gasteiger partial charge in [-0.15, -0.1) is 0 Å². The fourth-order valence-corrected chi connectivity index (χ4v) is 1.36. The van der Waals surface area contributed by atoms with E-state index in [1.165, 1.54) is 0 Å². The summed E-state index contributed by atoms with van der Waals surface area (Å²) in [6.45, 7) is 3.09. The molecule has 1 aromatic carbocycles. The van der Waals surface area contributed by atoms with Crippen LogP contribution in [0.1, 0.15) is 12.5 Å². The largest absolute Gasteiger partial charge is 0.401 e. The SMILES string of the molecule is CCN=CC=C(N)CNc1c(N)cccc1C#N. The third-order valence-electron chi connectivity index (χ3n) is 2.26. The Kier molecular flexibility index (Phi) is 5.26. The summed E-state index contributed by atoms with van der Waals surface area (Å²) in [7, 11) is 0. The lowest BCUT2D eigenvalue weighted by Crippen LogP contribution is -2.13. The highest BCUT2D eigenvalue weighted by molar-refractivity contribution is 5.75. The number of nitrogens with zero attached hydrogens (tertiary/aromatic N) is 2. The smallest absolute Gasteiger partial charge is 0.101 e. The van der Waals surface area contributed by atoms with Crippen molar-refractivity contribution < 1.29 is 0 Å². The number of aliphatic imine (C=N–C) groups is 1. The van der Waals surface area contributed by atoms with E-state index in [9.17, 15) is 0 Å². The standard InChI is InChI=1S/C13H17N5/c1-2-17-7-6-11(15)9-18-13-10(8-14)4-3-5-12(13)16/h3-7,18H,2,9,15-16H2,1H3. The number of nitriles is 1. The van der Waals surface area contributed by atoms with Crippen molar-refractivity contribution in [3.63, 3.8) is 0 Å². The minimum Gasteiger partial charge on any atom is -0.401 e. The lowest BCUT2D eigenvalue weighted by molar-refractivity contribution is 1.13. The van der Waals surface area contributed by atoms with Crippen LogP contribution in [-0.2, 0) is 0 Å². The summed E-state index contributed by atoms with van der Waals surface area (Å²) in [5.41, 5.74) is 13.9. The van der Waals surface area contributed by atoms with E-state index in [0.717, 1.165) is 6.54 Å². The second-order valence-electron chi connectivity index (χ2n) is 3.62. The quantitative estimate of drug-likeness (QED) is 0.538. The van der Waals surface area contributed by atoms with Gasteiger partial charge in [0.1, 0.15) is 6.07 Å². The van der Waals surface area contributed by atoms with Gasteiger partial charge in [0.05, 0.1) is 23.5 Å². The first kappa shape index (κ1) is 13.6. The second-order valence-corrected chi connectivity index (χ2v) is 3.62. The van der Waals surface area contributed by atoms with Gasteiger partial charge in [-0.25, -0.2) is 0 Å². The van der Waals surface area contributed by atoms with Gasteiger partial charge in [0.25, 0.3) is 0 Å². The topological polar surface area (TPSA) is 100 Å². The number of nitrogen functional groups attached to an aromatic ring is 1. The normalized spacial score (nSPS) is 11.4. The van der Waals surface area contributed by atoms with Gasteiger partial charge >= 0.3 is 0 Å². The van der Waals surface area contributed by atoms with Crippen LogP contribution in [0.15, 0.2) is 35.0 Å². The van der Waals surface area contributed by atoms with Gasteiger partial charge in [0.15, 0.2) is 0 Å². The molecular weight excluding hydrogens is 226 g/mol. The van der Waals surface area contributed by atoms with E-state index in [2.05, 4.69) is 16.4 Å². The fraction of sp³-hybridized carbons (Fsp3) is 0.231. The molecule has 0 aliphatic heterocycles. The molecule has 0 aromatic heterocycles. The van der Waals surface area contributed by atoms with Crippen molar-refractivity contribution in [1.82, 2.24) is 0 Å². The maximum Gasteiger partial charge on any atom is 0.101 e. The summed E-state index contributed by atoms with van der Waals surface area (Å²) in [5, 5.41) is 12.0.